The van der Waals surface area contributed by atoms with Crippen LogP contribution < -0.4 is 9.47 Å². The molecule has 4 nitrogen and oxygen atoms in total. The van der Waals surface area contributed by atoms with Crippen LogP contribution in [0.5, 0.6) is 17.2 Å². The van der Waals surface area contributed by atoms with Gasteiger partial charge in [0.2, 0.25) is 0 Å². The average molecular weight is 200 g/mol. The lowest BCUT2D eigenvalue weighted by atomic mass is 10.1. The summed E-state index contributed by atoms with van der Waals surface area (Å²) in [6.45, 7) is 0.124. The molecule has 0 aliphatic carbocycles. The molecule has 1 heterocycles. The van der Waals surface area contributed by atoms with Gasteiger partial charge >= 0.3 is 0 Å². The number of halogens is 1. The van der Waals surface area contributed by atoms with Crippen molar-refractivity contribution >= 4 is 0 Å². The van der Waals surface area contributed by atoms with E-state index in [0.29, 0.717) is 13.2 Å². The van der Waals surface area contributed by atoms with Crippen LogP contribution in [0.3, 0.4) is 0 Å². The second-order valence-electron chi connectivity index (χ2n) is 2.87. The molecular formula is C9H9FO4. The minimum absolute atomic E-state index is 0.0697. The molecular weight excluding hydrogens is 191 g/mol. The molecule has 0 fully saturated rings. The van der Waals surface area contributed by atoms with Crippen molar-refractivity contribution in [1.82, 2.24) is 0 Å². The molecule has 14 heavy (non-hydrogen) atoms. The molecule has 0 saturated heterocycles. The molecule has 0 unspecified atom stereocenters. The van der Waals surface area contributed by atoms with Gasteiger partial charge in [-0.3, -0.25) is 0 Å². The highest BCUT2D eigenvalue weighted by Gasteiger charge is 2.22. The number of rotatable bonds is 1. The van der Waals surface area contributed by atoms with Gasteiger partial charge in [0.25, 0.3) is 0 Å². The van der Waals surface area contributed by atoms with Gasteiger partial charge in [0.1, 0.15) is 13.2 Å². The van der Waals surface area contributed by atoms with E-state index < -0.39 is 18.2 Å². The molecule has 76 valence electrons. The average Bonchev–Trinajstić information content (AvgIpc) is 2.20. The van der Waals surface area contributed by atoms with E-state index in [9.17, 15) is 4.39 Å². The van der Waals surface area contributed by atoms with Crippen LogP contribution >= 0.6 is 0 Å². The zero-order valence-corrected chi connectivity index (χ0v) is 7.29. The number of aliphatic hydroxyl groups excluding tert-OH is 1. The Hall–Kier alpha value is -1.49. The highest BCUT2D eigenvalue weighted by atomic mass is 19.1. The lowest BCUT2D eigenvalue weighted by molar-refractivity contribution is 0.162. The topological polar surface area (TPSA) is 58.9 Å². The third-order valence-electron chi connectivity index (χ3n) is 2.00. The number of phenols is 1. The molecule has 0 bridgehead atoms. The number of hydrogen-bond donors (Lipinski definition) is 2. The molecule has 0 atom stereocenters. The maximum absolute atomic E-state index is 13.2. The molecule has 0 amide bonds. The Morgan fingerprint density at radius 1 is 1.36 bits per heavy atom. The normalized spacial score (nSPS) is 14.1. The number of phenolic OH excluding ortho intramolecular Hbond substituents is 1. The summed E-state index contributed by atoms with van der Waals surface area (Å²) in [5.74, 6) is -0.969. The molecule has 0 radical (unpaired) electrons. The predicted molar refractivity (Wildman–Crippen MR) is 45.0 cm³/mol. The standard InChI is InChI=1S/C9H9FO4/c10-8-5(4-11)9-7(3-6(8)12)13-1-2-14-9/h3,11-12H,1-2,4H2. The van der Waals surface area contributed by atoms with E-state index in [0.717, 1.165) is 6.07 Å². The van der Waals surface area contributed by atoms with Crippen LogP contribution in [-0.2, 0) is 6.61 Å². The van der Waals surface area contributed by atoms with Crippen LogP contribution in [0.25, 0.3) is 0 Å². The van der Waals surface area contributed by atoms with Crippen LogP contribution in [0.2, 0.25) is 0 Å². The Morgan fingerprint density at radius 3 is 2.79 bits per heavy atom. The molecule has 1 aromatic carbocycles. The maximum Gasteiger partial charge on any atom is 0.174 e. The summed E-state index contributed by atoms with van der Waals surface area (Å²) in [6.07, 6.45) is 0. The zero-order chi connectivity index (χ0) is 10.1. The van der Waals surface area contributed by atoms with Gasteiger partial charge in [-0.05, 0) is 0 Å². The SMILES string of the molecule is OCc1c(F)c(O)cc2c1OCCO2. The molecule has 0 saturated carbocycles. The van der Waals surface area contributed by atoms with E-state index in [2.05, 4.69) is 0 Å². The van der Waals surface area contributed by atoms with Crippen molar-refractivity contribution in [1.29, 1.82) is 0 Å². The van der Waals surface area contributed by atoms with Crippen LogP contribution in [-0.4, -0.2) is 23.4 Å². The lowest BCUT2D eigenvalue weighted by Crippen LogP contribution is -2.17. The number of benzene rings is 1. The number of hydrogen-bond acceptors (Lipinski definition) is 4. The molecule has 2 N–H and O–H groups in total. The third-order valence-corrected chi connectivity index (χ3v) is 2.00. The molecule has 1 aliphatic heterocycles. The van der Waals surface area contributed by atoms with Gasteiger partial charge < -0.3 is 19.7 Å². The van der Waals surface area contributed by atoms with Crippen LogP contribution in [0, 0.1) is 5.82 Å². The fourth-order valence-electron chi connectivity index (χ4n) is 1.36. The molecule has 1 aliphatic rings. The number of aliphatic hydroxyl groups is 1. The van der Waals surface area contributed by atoms with E-state index in [1.54, 1.807) is 0 Å². The maximum atomic E-state index is 13.2. The largest absolute Gasteiger partial charge is 0.505 e. The van der Waals surface area contributed by atoms with Gasteiger partial charge in [0.15, 0.2) is 23.1 Å². The molecule has 0 aromatic heterocycles. The first kappa shape index (κ1) is 9.08. The first-order valence-corrected chi connectivity index (χ1v) is 4.15. The second kappa shape index (κ2) is 3.34. The van der Waals surface area contributed by atoms with Crippen molar-refractivity contribution < 1.29 is 24.1 Å². The first-order valence-electron chi connectivity index (χ1n) is 4.15. The van der Waals surface area contributed by atoms with Gasteiger partial charge in [-0.1, -0.05) is 0 Å². The van der Waals surface area contributed by atoms with Gasteiger partial charge in [0, 0.05) is 6.07 Å². The van der Waals surface area contributed by atoms with Gasteiger partial charge in [-0.2, -0.15) is 0 Å². The minimum Gasteiger partial charge on any atom is -0.505 e. The summed E-state index contributed by atoms with van der Waals surface area (Å²) in [5.41, 5.74) is -0.0697. The summed E-state index contributed by atoms with van der Waals surface area (Å²) in [6, 6.07) is 1.14. The van der Waals surface area contributed by atoms with Crippen molar-refractivity contribution in [3.05, 3.63) is 17.4 Å². The van der Waals surface area contributed by atoms with Gasteiger partial charge in [-0.25, -0.2) is 4.39 Å². The van der Waals surface area contributed by atoms with Crippen molar-refractivity contribution in [2.75, 3.05) is 13.2 Å². The second-order valence-corrected chi connectivity index (χ2v) is 2.87. The van der Waals surface area contributed by atoms with Crippen molar-refractivity contribution in [3.63, 3.8) is 0 Å². The van der Waals surface area contributed by atoms with E-state index in [4.69, 9.17) is 19.7 Å². The van der Waals surface area contributed by atoms with Crippen LogP contribution in [0.1, 0.15) is 5.56 Å². The summed E-state index contributed by atoms with van der Waals surface area (Å²) in [5, 5.41) is 18.1. The summed E-state index contributed by atoms with van der Waals surface area (Å²) in [7, 11) is 0. The Labute approximate surface area is 79.5 Å². The first-order chi connectivity index (χ1) is 6.74. The third kappa shape index (κ3) is 1.26. The zero-order valence-electron chi connectivity index (χ0n) is 7.29. The summed E-state index contributed by atoms with van der Waals surface area (Å²) < 4.78 is 23.5. The van der Waals surface area contributed by atoms with E-state index in [1.165, 1.54) is 0 Å². The number of fused-ring (bicyclic) bond motifs is 1. The summed E-state index contributed by atoms with van der Waals surface area (Å²) in [4.78, 5) is 0. The van der Waals surface area contributed by atoms with Crippen molar-refractivity contribution in [2.24, 2.45) is 0 Å². The molecule has 5 heteroatoms. The number of aromatic hydroxyl groups is 1. The van der Waals surface area contributed by atoms with E-state index in [1.807, 2.05) is 0 Å². The van der Waals surface area contributed by atoms with Crippen molar-refractivity contribution in [3.8, 4) is 17.2 Å². The smallest absolute Gasteiger partial charge is 0.174 e. The monoisotopic (exact) mass is 200 g/mol. The Balaban J connectivity index is 2.60. The quantitative estimate of drug-likeness (QED) is 0.703. The Morgan fingerprint density at radius 2 is 2.07 bits per heavy atom. The molecule has 1 aromatic rings. The molecule has 0 spiro atoms. The fraction of sp³-hybridized carbons (Fsp3) is 0.333. The Kier molecular flexibility index (Phi) is 2.17. The van der Waals surface area contributed by atoms with Gasteiger partial charge in [-0.15, -0.1) is 0 Å². The minimum atomic E-state index is -0.864. The lowest BCUT2D eigenvalue weighted by Gasteiger charge is -2.21. The van der Waals surface area contributed by atoms with Crippen molar-refractivity contribution in [2.45, 2.75) is 6.61 Å². The van der Waals surface area contributed by atoms with Crippen LogP contribution in [0.4, 0.5) is 4.39 Å². The fourth-order valence-corrected chi connectivity index (χ4v) is 1.36. The highest BCUT2D eigenvalue weighted by Crippen LogP contribution is 2.39. The Bertz CT molecular complexity index is 364. The van der Waals surface area contributed by atoms with Gasteiger partial charge in [0.05, 0.1) is 12.2 Å². The highest BCUT2D eigenvalue weighted by molar-refractivity contribution is 5.52. The van der Waals surface area contributed by atoms with E-state index >= 15 is 0 Å². The predicted octanol–water partition coefficient (Wildman–Crippen LogP) is 0.795. The summed E-state index contributed by atoms with van der Waals surface area (Å²) >= 11 is 0. The number of ether oxygens (including phenoxy) is 2. The molecule has 2 rings (SSSR count). The van der Waals surface area contributed by atoms with Crippen LogP contribution in [0.15, 0.2) is 6.07 Å². The van der Waals surface area contributed by atoms with E-state index in [-0.39, 0.29) is 17.1 Å².